The van der Waals surface area contributed by atoms with E-state index in [1.165, 1.54) is 12.8 Å². The molecule has 0 N–H and O–H groups in total. The maximum Gasteiger partial charge on any atom is 0.497 e. The van der Waals surface area contributed by atoms with Gasteiger partial charge in [0.2, 0.25) is 0 Å². The lowest BCUT2D eigenvalue weighted by Crippen LogP contribution is -2.47. The van der Waals surface area contributed by atoms with Gasteiger partial charge in [0.15, 0.2) is 0 Å². The van der Waals surface area contributed by atoms with Gasteiger partial charge in [0.25, 0.3) is 0 Å². The summed E-state index contributed by atoms with van der Waals surface area (Å²) in [6.07, 6.45) is 3.40. The first-order chi connectivity index (χ1) is 6.39. The fraction of sp³-hybridized carbons (Fsp3) is 1.00. The summed E-state index contributed by atoms with van der Waals surface area (Å²) in [5.74, 6) is 0. The largest absolute Gasteiger partial charge is 0.497 e. The van der Waals surface area contributed by atoms with Gasteiger partial charge in [0, 0.05) is 20.8 Å². The van der Waals surface area contributed by atoms with Gasteiger partial charge in [0.05, 0.1) is 5.60 Å². The first kappa shape index (κ1) is 14.1. The van der Waals surface area contributed by atoms with E-state index in [1.807, 2.05) is 6.55 Å². The lowest BCUT2D eigenvalue weighted by atomic mass is 10.0. The van der Waals surface area contributed by atoms with Gasteiger partial charge < -0.3 is 13.3 Å². The van der Waals surface area contributed by atoms with Crippen molar-refractivity contribution >= 4 is 8.80 Å². The molecule has 0 aromatic heterocycles. The first-order valence-electron chi connectivity index (χ1n) is 5.19. The van der Waals surface area contributed by atoms with Crippen molar-refractivity contribution in [3.8, 4) is 0 Å². The highest BCUT2D eigenvalue weighted by atomic mass is 28.4. The van der Waals surface area contributed by atoms with Crippen molar-refractivity contribution in [3.63, 3.8) is 0 Å². The van der Waals surface area contributed by atoms with Crippen molar-refractivity contribution in [3.05, 3.63) is 0 Å². The van der Waals surface area contributed by atoms with E-state index in [0.717, 1.165) is 6.42 Å². The number of rotatable bonds is 7. The van der Waals surface area contributed by atoms with Crippen LogP contribution in [0.2, 0.25) is 6.55 Å². The van der Waals surface area contributed by atoms with Crippen LogP contribution in [0.4, 0.5) is 0 Å². The lowest BCUT2D eigenvalue weighted by molar-refractivity contribution is 0.00366. The molecule has 0 aromatic carbocycles. The molecule has 0 spiro atoms. The average molecular weight is 220 g/mol. The van der Waals surface area contributed by atoms with Gasteiger partial charge in [-0.05, 0) is 20.3 Å². The molecule has 0 radical (unpaired) electrons. The van der Waals surface area contributed by atoms with Crippen molar-refractivity contribution in [2.45, 2.75) is 52.2 Å². The zero-order valence-electron chi connectivity index (χ0n) is 10.3. The predicted octanol–water partition coefficient (Wildman–Crippen LogP) is 2.83. The van der Waals surface area contributed by atoms with Crippen molar-refractivity contribution in [2.24, 2.45) is 0 Å². The Bertz CT molecular complexity index is 155. The van der Waals surface area contributed by atoms with Gasteiger partial charge >= 0.3 is 8.80 Å². The van der Waals surface area contributed by atoms with Crippen LogP contribution >= 0.6 is 0 Å². The summed E-state index contributed by atoms with van der Waals surface area (Å²) in [5, 5.41) is 0. The van der Waals surface area contributed by atoms with Gasteiger partial charge in [-0.1, -0.05) is 19.8 Å². The van der Waals surface area contributed by atoms with Crippen molar-refractivity contribution in [1.82, 2.24) is 0 Å². The molecule has 0 bridgehead atoms. The summed E-state index contributed by atoms with van der Waals surface area (Å²) in [4.78, 5) is 0. The highest BCUT2D eigenvalue weighted by Crippen LogP contribution is 2.23. The molecule has 0 aliphatic carbocycles. The van der Waals surface area contributed by atoms with Gasteiger partial charge in [-0.2, -0.15) is 0 Å². The summed E-state index contributed by atoms with van der Waals surface area (Å²) < 4.78 is 16.5. The van der Waals surface area contributed by atoms with Crippen LogP contribution in [0.5, 0.6) is 0 Å². The molecule has 0 fully saturated rings. The molecule has 0 rings (SSSR count). The fourth-order valence-electron chi connectivity index (χ4n) is 1.32. The quantitative estimate of drug-likeness (QED) is 0.617. The number of hydrogen-bond acceptors (Lipinski definition) is 3. The van der Waals surface area contributed by atoms with Crippen LogP contribution in [0.3, 0.4) is 0 Å². The van der Waals surface area contributed by atoms with E-state index in [-0.39, 0.29) is 5.60 Å². The third-order valence-electron chi connectivity index (χ3n) is 2.34. The van der Waals surface area contributed by atoms with Crippen LogP contribution in [-0.4, -0.2) is 28.6 Å². The molecule has 0 unspecified atom stereocenters. The van der Waals surface area contributed by atoms with Gasteiger partial charge in [0.1, 0.15) is 0 Å². The van der Waals surface area contributed by atoms with Gasteiger partial charge in [-0.3, -0.25) is 0 Å². The fourth-order valence-corrected chi connectivity index (χ4v) is 2.76. The maximum absolute atomic E-state index is 5.92. The van der Waals surface area contributed by atoms with Crippen LogP contribution in [-0.2, 0) is 13.3 Å². The van der Waals surface area contributed by atoms with Crippen LogP contribution in [0.15, 0.2) is 0 Å². The lowest BCUT2D eigenvalue weighted by Gasteiger charge is -2.33. The Balaban J connectivity index is 4.17. The number of hydrogen-bond donors (Lipinski definition) is 0. The summed E-state index contributed by atoms with van der Waals surface area (Å²) >= 11 is 0. The second-order valence-corrected chi connectivity index (χ2v) is 6.98. The minimum atomic E-state index is -2.38. The van der Waals surface area contributed by atoms with E-state index in [2.05, 4.69) is 20.8 Å². The topological polar surface area (TPSA) is 27.7 Å². The monoisotopic (exact) mass is 220 g/mol. The molecular weight excluding hydrogens is 196 g/mol. The van der Waals surface area contributed by atoms with Gasteiger partial charge in [-0.25, -0.2) is 0 Å². The minimum absolute atomic E-state index is 0.150. The third-order valence-corrected chi connectivity index (χ3v) is 4.74. The van der Waals surface area contributed by atoms with E-state index < -0.39 is 8.80 Å². The molecule has 86 valence electrons. The molecular formula is C10H24O3Si. The SMILES string of the molecule is CCCCC(C)(C)O[Si](C)(OC)OC. The van der Waals surface area contributed by atoms with Crippen LogP contribution in [0.25, 0.3) is 0 Å². The second kappa shape index (κ2) is 5.85. The van der Waals surface area contributed by atoms with Gasteiger partial charge in [-0.15, -0.1) is 0 Å². The molecule has 14 heavy (non-hydrogen) atoms. The minimum Gasteiger partial charge on any atom is -0.377 e. The van der Waals surface area contributed by atoms with E-state index in [9.17, 15) is 0 Å². The summed E-state index contributed by atoms with van der Waals surface area (Å²) in [6.45, 7) is 8.28. The summed E-state index contributed by atoms with van der Waals surface area (Å²) in [5.41, 5.74) is -0.150. The molecule has 0 atom stereocenters. The molecule has 0 saturated heterocycles. The Morgan fingerprint density at radius 2 is 1.64 bits per heavy atom. The Morgan fingerprint density at radius 3 is 2.00 bits per heavy atom. The Kier molecular flexibility index (Phi) is 5.89. The average Bonchev–Trinajstić information content (AvgIpc) is 2.14. The zero-order chi connectivity index (χ0) is 11.2. The zero-order valence-corrected chi connectivity index (χ0v) is 11.3. The molecule has 0 amide bonds. The molecule has 0 aliphatic heterocycles. The van der Waals surface area contributed by atoms with E-state index in [4.69, 9.17) is 13.3 Å². The molecule has 4 heteroatoms. The third kappa shape index (κ3) is 5.10. The maximum atomic E-state index is 5.92. The first-order valence-corrected chi connectivity index (χ1v) is 7.42. The Hall–Kier alpha value is 0.0969. The highest BCUT2D eigenvalue weighted by molar-refractivity contribution is 6.59. The van der Waals surface area contributed by atoms with Crippen molar-refractivity contribution in [1.29, 1.82) is 0 Å². The Labute approximate surface area is 89.1 Å². The van der Waals surface area contributed by atoms with E-state index >= 15 is 0 Å². The number of unbranched alkanes of at least 4 members (excludes halogenated alkanes) is 1. The molecule has 0 heterocycles. The Morgan fingerprint density at radius 1 is 1.14 bits per heavy atom. The summed E-state index contributed by atoms with van der Waals surface area (Å²) in [7, 11) is 0.906. The smallest absolute Gasteiger partial charge is 0.377 e. The molecule has 0 aliphatic rings. The normalized spacial score (nSPS) is 13.3. The second-order valence-electron chi connectivity index (χ2n) is 4.24. The molecule has 0 saturated carbocycles. The molecule has 0 aromatic rings. The van der Waals surface area contributed by atoms with Crippen molar-refractivity contribution in [2.75, 3.05) is 14.2 Å². The van der Waals surface area contributed by atoms with E-state index in [1.54, 1.807) is 14.2 Å². The van der Waals surface area contributed by atoms with Crippen LogP contribution < -0.4 is 0 Å². The van der Waals surface area contributed by atoms with Crippen LogP contribution in [0.1, 0.15) is 40.0 Å². The van der Waals surface area contributed by atoms with E-state index in [0.29, 0.717) is 0 Å². The standard InChI is InChI=1S/C10H24O3Si/c1-7-8-9-10(2,3)13-14(6,11-4)12-5/h7-9H2,1-6H3. The predicted molar refractivity (Wildman–Crippen MR) is 60.3 cm³/mol. The summed E-state index contributed by atoms with van der Waals surface area (Å²) in [6, 6.07) is 0. The van der Waals surface area contributed by atoms with Crippen molar-refractivity contribution < 1.29 is 13.3 Å². The highest BCUT2D eigenvalue weighted by Gasteiger charge is 2.38. The van der Waals surface area contributed by atoms with Crippen LogP contribution in [0, 0.1) is 0 Å². The molecule has 3 nitrogen and oxygen atoms in total.